The summed E-state index contributed by atoms with van der Waals surface area (Å²) in [7, 11) is 0. The summed E-state index contributed by atoms with van der Waals surface area (Å²) in [5.41, 5.74) is 1.17. The second-order valence-corrected chi connectivity index (χ2v) is 6.20. The van der Waals surface area contributed by atoms with E-state index in [1.54, 1.807) is 0 Å². The minimum absolute atomic E-state index is 0.00398. The minimum atomic E-state index is -0.516. The Labute approximate surface area is 168 Å². The van der Waals surface area contributed by atoms with Gasteiger partial charge in [-0.1, -0.05) is 10.3 Å². The number of benzene rings is 2. The van der Waals surface area contributed by atoms with E-state index in [1.165, 1.54) is 48.5 Å². The smallest absolute Gasteiger partial charge is 0.306 e. The molecule has 152 valence electrons. The van der Waals surface area contributed by atoms with Gasteiger partial charge in [0, 0.05) is 17.5 Å². The maximum Gasteiger partial charge on any atom is 0.306 e. The van der Waals surface area contributed by atoms with Crippen LogP contribution >= 0.6 is 0 Å². The molecule has 0 spiro atoms. The predicted molar refractivity (Wildman–Crippen MR) is 97.5 cm³/mol. The summed E-state index contributed by atoms with van der Waals surface area (Å²) in [5, 5.41) is 7.58. The van der Waals surface area contributed by atoms with Gasteiger partial charge in [-0.2, -0.15) is 9.97 Å². The summed E-state index contributed by atoms with van der Waals surface area (Å²) in [4.78, 5) is 20.2. The van der Waals surface area contributed by atoms with Crippen LogP contribution in [0.5, 0.6) is 0 Å². The molecule has 0 atom stereocenters. The van der Waals surface area contributed by atoms with Gasteiger partial charge in [0.25, 0.3) is 5.89 Å². The van der Waals surface area contributed by atoms with Crippen LogP contribution in [0.1, 0.15) is 18.2 Å². The quantitative estimate of drug-likeness (QED) is 0.423. The Balaban J connectivity index is 1.27. The molecule has 2 heterocycles. The van der Waals surface area contributed by atoms with Crippen LogP contribution in [0.3, 0.4) is 0 Å². The van der Waals surface area contributed by atoms with E-state index in [0.717, 1.165) is 0 Å². The molecule has 0 amide bonds. The molecule has 8 nitrogen and oxygen atoms in total. The molecule has 0 unspecified atom stereocenters. The molecule has 0 aliphatic carbocycles. The molecule has 0 aliphatic heterocycles. The fourth-order valence-corrected chi connectivity index (χ4v) is 2.53. The molecule has 0 saturated carbocycles. The third-order valence-corrected chi connectivity index (χ3v) is 4.04. The normalized spacial score (nSPS) is 10.9. The molecule has 0 radical (unpaired) electrons. The lowest BCUT2D eigenvalue weighted by atomic mass is 10.2. The molecule has 0 saturated heterocycles. The molecule has 30 heavy (non-hydrogen) atoms. The number of nitrogens with zero attached hydrogens (tertiary/aromatic N) is 4. The number of rotatable bonds is 7. The Morgan fingerprint density at radius 1 is 0.800 bits per heavy atom. The molecule has 2 aromatic heterocycles. The zero-order valence-corrected chi connectivity index (χ0v) is 15.4. The van der Waals surface area contributed by atoms with Gasteiger partial charge in [-0.25, -0.2) is 8.78 Å². The SMILES string of the molecule is O=C(CCc1nc(-c2ccc(F)cc2)no1)OCc1nc(-c2ccc(F)cc2)no1. The maximum atomic E-state index is 13.0. The van der Waals surface area contributed by atoms with Crippen molar-refractivity contribution < 1.29 is 27.4 Å². The lowest BCUT2D eigenvalue weighted by Crippen LogP contribution is -2.06. The van der Waals surface area contributed by atoms with E-state index in [4.69, 9.17) is 13.8 Å². The molecule has 4 rings (SSSR count). The number of carbonyl (C=O) groups is 1. The van der Waals surface area contributed by atoms with Crippen molar-refractivity contribution in [1.82, 2.24) is 20.3 Å². The van der Waals surface area contributed by atoms with Gasteiger partial charge >= 0.3 is 5.97 Å². The van der Waals surface area contributed by atoms with Gasteiger partial charge in [0.2, 0.25) is 17.5 Å². The van der Waals surface area contributed by atoms with E-state index in [1.807, 2.05) is 0 Å². The van der Waals surface area contributed by atoms with Crippen LogP contribution in [0.4, 0.5) is 8.78 Å². The highest BCUT2D eigenvalue weighted by molar-refractivity contribution is 5.69. The van der Waals surface area contributed by atoms with E-state index in [2.05, 4.69) is 20.3 Å². The molecule has 0 aliphatic rings. The predicted octanol–water partition coefficient (Wildman–Crippen LogP) is 3.74. The highest BCUT2D eigenvalue weighted by Gasteiger charge is 2.14. The lowest BCUT2D eigenvalue weighted by Gasteiger charge is -1.99. The second kappa shape index (κ2) is 8.60. The third-order valence-electron chi connectivity index (χ3n) is 4.04. The van der Waals surface area contributed by atoms with Crippen LogP contribution in [0.25, 0.3) is 22.8 Å². The first-order valence-corrected chi connectivity index (χ1v) is 8.89. The van der Waals surface area contributed by atoms with Crippen molar-refractivity contribution in [3.8, 4) is 22.8 Å². The van der Waals surface area contributed by atoms with Gasteiger partial charge in [-0.05, 0) is 48.5 Å². The van der Waals surface area contributed by atoms with Crippen LogP contribution < -0.4 is 0 Å². The fourth-order valence-electron chi connectivity index (χ4n) is 2.53. The monoisotopic (exact) mass is 412 g/mol. The molecule has 0 fully saturated rings. The van der Waals surface area contributed by atoms with E-state index in [9.17, 15) is 13.6 Å². The highest BCUT2D eigenvalue weighted by Crippen LogP contribution is 2.18. The van der Waals surface area contributed by atoms with Gasteiger partial charge in [-0.3, -0.25) is 4.79 Å². The maximum absolute atomic E-state index is 13.0. The average Bonchev–Trinajstić information content (AvgIpc) is 3.42. The Morgan fingerprint density at radius 2 is 1.30 bits per heavy atom. The Morgan fingerprint density at radius 3 is 1.87 bits per heavy atom. The van der Waals surface area contributed by atoms with Crippen molar-refractivity contribution in [1.29, 1.82) is 0 Å². The third kappa shape index (κ3) is 4.72. The summed E-state index contributed by atoms with van der Waals surface area (Å²) >= 11 is 0. The minimum Gasteiger partial charge on any atom is -0.456 e. The summed E-state index contributed by atoms with van der Waals surface area (Å²) < 4.78 is 41.1. The zero-order chi connectivity index (χ0) is 20.9. The molecule has 4 aromatic rings. The van der Waals surface area contributed by atoms with Crippen molar-refractivity contribution in [3.63, 3.8) is 0 Å². The van der Waals surface area contributed by atoms with Gasteiger partial charge in [-0.15, -0.1) is 0 Å². The number of hydrogen-bond acceptors (Lipinski definition) is 8. The van der Waals surface area contributed by atoms with Crippen LogP contribution in [0.15, 0.2) is 57.6 Å². The zero-order valence-electron chi connectivity index (χ0n) is 15.4. The fraction of sp³-hybridized carbons (Fsp3) is 0.150. The summed E-state index contributed by atoms with van der Waals surface area (Å²) in [6, 6.07) is 11.2. The standard InChI is InChI=1S/C20H14F2N4O4/c21-14-5-1-12(2-6-14)19-23-16(29-25-19)9-10-18(27)28-11-17-24-20(26-30-17)13-3-7-15(22)8-4-13/h1-8H,9-11H2. The molecule has 0 N–H and O–H groups in total. The first kappa shape index (κ1) is 19.4. The topological polar surface area (TPSA) is 104 Å². The average molecular weight is 412 g/mol. The Kier molecular flexibility index (Phi) is 5.55. The van der Waals surface area contributed by atoms with Gasteiger partial charge in [0.05, 0.1) is 6.42 Å². The Hall–Kier alpha value is -3.95. The number of carbonyl (C=O) groups excluding carboxylic acids is 1. The number of aromatic nitrogens is 4. The number of hydrogen-bond donors (Lipinski definition) is 0. The van der Waals surface area contributed by atoms with E-state index < -0.39 is 5.97 Å². The molecular formula is C20H14F2N4O4. The highest BCUT2D eigenvalue weighted by atomic mass is 19.1. The summed E-state index contributed by atoms with van der Waals surface area (Å²) in [6.45, 7) is -0.197. The first-order chi connectivity index (χ1) is 14.6. The van der Waals surface area contributed by atoms with Crippen molar-refractivity contribution in [3.05, 3.63) is 71.9 Å². The van der Waals surface area contributed by atoms with Gasteiger partial charge in [0.1, 0.15) is 11.6 Å². The van der Waals surface area contributed by atoms with Crippen LogP contribution in [0.2, 0.25) is 0 Å². The summed E-state index contributed by atoms with van der Waals surface area (Å²) in [6.07, 6.45) is 0.182. The van der Waals surface area contributed by atoms with Crippen molar-refractivity contribution in [2.75, 3.05) is 0 Å². The van der Waals surface area contributed by atoms with Gasteiger partial charge < -0.3 is 13.8 Å². The summed E-state index contributed by atoms with van der Waals surface area (Å²) in [5.74, 6) is -0.323. The van der Waals surface area contributed by atoms with Gasteiger partial charge in [0.15, 0.2) is 6.61 Å². The molecule has 0 bridgehead atoms. The number of ether oxygens (including phenoxy) is 1. The molecular weight excluding hydrogens is 398 g/mol. The largest absolute Gasteiger partial charge is 0.456 e. The first-order valence-electron chi connectivity index (χ1n) is 8.89. The van der Waals surface area contributed by atoms with Crippen LogP contribution in [0, 0.1) is 11.6 Å². The molecule has 10 heteroatoms. The van der Waals surface area contributed by atoms with Crippen molar-refractivity contribution in [2.24, 2.45) is 0 Å². The Bertz CT molecular complexity index is 1050. The number of aryl methyl sites for hydroxylation is 1. The second-order valence-electron chi connectivity index (χ2n) is 6.20. The van der Waals surface area contributed by atoms with E-state index >= 15 is 0 Å². The number of esters is 1. The number of halogens is 2. The van der Waals surface area contributed by atoms with Crippen LogP contribution in [-0.2, 0) is 22.6 Å². The van der Waals surface area contributed by atoms with Crippen molar-refractivity contribution in [2.45, 2.75) is 19.4 Å². The molecule has 2 aromatic carbocycles. The van der Waals surface area contributed by atoms with Crippen molar-refractivity contribution >= 4 is 5.97 Å². The lowest BCUT2D eigenvalue weighted by molar-refractivity contribution is -0.145. The van der Waals surface area contributed by atoms with E-state index in [0.29, 0.717) is 17.0 Å². The van der Waals surface area contributed by atoms with Crippen LogP contribution in [-0.4, -0.2) is 26.3 Å². The van der Waals surface area contributed by atoms with E-state index in [-0.39, 0.29) is 48.7 Å².